The van der Waals surface area contributed by atoms with E-state index in [1.807, 2.05) is 0 Å². The van der Waals surface area contributed by atoms with Gasteiger partial charge in [0.2, 0.25) is 0 Å². The van der Waals surface area contributed by atoms with Gasteiger partial charge in [0.15, 0.2) is 0 Å². The molecule has 1 saturated heterocycles. The van der Waals surface area contributed by atoms with E-state index in [-0.39, 0.29) is 19.0 Å². The first kappa shape index (κ1) is 12.5. The number of nitrogens with one attached hydrogen (secondary N) is 1. The Morgan fingerprint density at radius 1 is 1.42 bits per heavy atom. The monoisotopic (exact) mass is 213 g/mol. The van der Waals surface area contributed by atoms with Gasteiger partial charge in [-0.05, 0) is 37.8 Å². The van der Waals surface area contributed by atoms with Gasteiger partial charge in [0.05, 0.1) is 0 Å². The Morgan fingerprint density at radius 3 is 2.42 bits per heavy atom. The van der Waals surface area contributed by atoms with Gasteiger partial charge >= 0.3 is 0 Å². The highest BCUT2D eigenvalue weighted by atomic mass is 35.5. The van der Waals surface area contributed by atoms with Crippen molar-refractivity contribution in [2.45, 2.75) is 12.8 Å². The summed E-state index contributed by atoms with van der Waals surface area (Å²) >= 11 is 5.72. The predicted octanol–water partition coefficient (Wildman–Crippen LogP) is 1.26. The standard InChI is InChI=1S/C8H16ClNO.ClH/c9-5-8(6-11)7-1-3-10-4-2-7;/h7-8,10-11H,1-6H2;1H. The Kier molecular flexibility index (Phi) is 7.25. The van der Waals surface area contributed by atoms with Gasteiger partial charge in [-0.15, -0.1) is 24.0 Å². The van der Waals surface area contributed by atoms with Crippen LogP contribution >= 0.6 is 24.0 Å². The zero-order chi connectivity index (χ0) is 8.10. The highest BCUT2D eigenvalue weighted by Crippen LogP contribution is 2.22. The molecule has 4 heteroatoms. The molecule has 1 fully saturated rings. The lowest BCUT2D eigenvalue weighted by Gasteiger charge is -2.27. The first-order valence-electron chi connectivity index (χ1n) is 4.26. The lowest BCUT2D eigenvalue weighted by Crippen LogP contribution is -2.33. The molecule has 1 rings (SSSR count). The number of hydrogen-bond acceptors (Lipinski definition) is 2. The topological polar surface area (TPSA) is 32.3 Å². The molecule has 12 heavy (non-hydrogen) atoms. The van der Waals surface area contributed by atoms with Gasteiger partial charge in [-0.3, -0.25) is 0 Å². The second-order valence-corrected chi connectivity index (χ2v) is 3.49. The molecule has 0 amide bonds. The van der Waals surface area contributed by atoms with Crippen LogP contribution in [0.5, 0.6) is 0 Å². The van der Waals surface area contributed by atoms with Crippen LogP contribution in [-0.4, -0.2) is 30.7 Å². The van der Waals surface area contributed by atoms with Gasteiger partial charge < -0.3 is 10.4 Å². The quantitative estimate of drug-likeness (QED) is 0.693. The zero-order valence-electron chi connectivity index (χ0n) is 7.13. The minimum atomic E-state index is 0. The highest BCUT2D eigenvalue weighted by molar-refractivity contribution is 6.18. The first-order chi connectivity index (χ1) is 5.38. The van der Waals surface area contributed by atoms with Crippen LogP contribution in [-0.2, 0) is 0 Å². The van der Waals surface area contributed by atoms with Crippen molar-refractivity contribution in [1.29, 1.82) is 0 Å². The maximum atomic E-state index is 8.97. The average Bonchev–Trinajstić information content (AvgIpc) is 2.09. The second-order valence-electron chi connectivity index (χ2n) is 3.18. The van der Waals surface area contributed by atoms with E-state index in [9.17, 15) is 0 Å². The molecular weight excluding hydrogens is 197 g/mol. The molecule has 1 heterocycles. The van der Waals surface area contributed by atoms with Crippen molar-refractivity contribution >= 4 is 24.0 Å². The minimum absolute atomic E-state index is 0. The lowest BCUT2D eigenvalue weighted by molar-refractivity contribution is 0.167. The summed E-state index contributed by atoms with van der Waals surface area (Å²) in [6, 6.07) is 0. The maximum Gasteiger partial charge on any atom is 0.0473 e. The van der Waals surface area contributed by atoms with Gasteiger partial charge in [-0.1, -0.05) is 0 Å². The normalized spacial score (nSPS) is 21.5. The molecule has 0 aromatic heterocycles. The Labute approximate surface area is 85.1 Å². The smallest absolute Gasteiger partial charge is 0.0473 e. The first-order valence-corrected chi connectivity index (χ1v) is 4.79. The Hall–Kier alpha value is 0.500. The molecule has 1 aliphatic rings. The third-order valence-electron chi connectivity index (χ3n) is 2.48. The van der Waals surface area contributed by atoms with E-state index in [0.29, 0.717) is 17.7 Å². The van der Waals surface area contributed by atoms with Crippen molar-refractivity contribution in [3.05, 3.63) is 0 Å². The molecule has 0 aromatic rings. The largest absolute Gasteiger partial charge is 0.396 e. The molecule has 1 atom stereocenters. The summed E-state index contributed by atoms with van der Waals surface area (Å²) in [5.74, 6) is 1.55. The molecule has 0 aliphatic carbocycles. The van der Waals surface area contributed by atoms with E-state index >= 15 is 0 Å². The summed E-state index contributed by atoms with van der Waals surface area (Å²) in [6.07, 6.45) is 2.33. The number of aliphatic hydroxyl groups excluding tert-OH is 1. The van der Waals surface area contributed by atoms with Crippen LogP contribution in [0.1, 0.15) is 12.8 Å². The lowest BCUT2D eigenvalue weighted by atomic mass is 9.86. The Balaban J connectivity index is 0.00000121. The van der Waals surface area contributed by atoms with Crippen molar-refractivity contribution in [2.24, 2.45) is 11.8 Å². The summed E-state index contributed by atoms with van der Waals surface area (Å²) in [4.78, 5) is 0. The summed E-state index contributed by atoms with van der Waals surface area (Å²) in [6.45, 7) is 2.41. The van der Waals surface area contributed by atoms with Gasteiger partial charge in [0.25, 0.3) is 0 Å². The van der Waals surface area contributed by atoms with E-state index in [1.165, 1.54) is 0 Å². The molecular formula is C8H17Cl2NO. The fourth-order valence-corrected chi connectivity index (χ4v) is 1.99. The number of aliphatic hydroxyl groups is 1. The zero-order valence-corrected chi connectivity index (χ0v) is 8.70. The van der Waals surface area contributed by atoms with Crippen LogP contribution in [0.2, 0.25) is 0 Å². The number of hydrogen-bond donors (Lipinski definition) is 2. The van der Waals surface area contributed by atoms with Crippen LogP contribution in [0.25, 0.3) is 0 Å². The van der Waals surface area contributed by atoms with Gasteiger partial charge in [0.1, 0.15) is 0 Å². The molecule has 0 bridgehead atoms. The van der Waals surface area contributed by atoms with Crippen LogP contribution in [0.15, 0.2) is 0 Å². The van der Waals surface area contributed by atoms with Crippen LogP contribution in [0.4, 0.5) is 0 Å². The van der Waals surface area contributed by atoms with Crippen molar-refractivity contribution < 1.29 is 5.11 Å². The van der Waals surface area contributed by atoms with Crippen LogP contribution < -0.4 is 5.32 Å². The van der Waals surface area contributed by atoms with E-state index in [4.69, 9.17) is 16.7 Å². The third-order valence-corrected chi connectivity index (χ3v) is 2.88. The second kappa shape index (κ2) is 6.96. The molecule has 74 valence electrons. The number of piperidine rings is 1. The fourth-order valence-electron chi connectivity index (χ4n) is 1.64. The third kappa shape index (κ3) is 3.48. The predicted molar refractivity (Wildman–Crippen MR) is 54.1 cm³/mol. The molecule has 0 radical (unpaired) electrons. The van der Waals surface area contributed by atoms with Crippen molar-refractivity contribution in [3.63, 3.8) is 0 Å². The highest BCUT2D eigenvalue weighted by Gasteiger charge is 2.21. The van der Waals surface area contributed by atoms with E-state index in [2.05, 4.69) is 5.32 Å². The van der Waals surface area contributed by atoms with Gasteiger partial charge in [-0.2, -0.15) is 0 Å². The van der Waals surface area contributed by atoms with E-state index in [1.54, 1.807) is 0 Å². The van der Waals surface area contributed by atoms with E-state index in [0.717, 1.165) is 25.9 Å². The summed E-state index contributed by atoms with van der Waals surface area (Å²) < 4.78 is 0. The molecule has 2 nitrogen and oxygen atoms in total. The SMILES string of the molecule is Cl.OCC(CCl)C1CCNCC1. The summed E-state index contributed by atoms with van der Waals surface area (Å²) in [5, 5.41) is 12.3. The number of alkyl halides is 1. The van der Waals surface area contributed by atoms with E-state index < -0.39 is 0 Å². The molecule has 1 aliphatic heterocycles. The van der Waals surface area contributed by atoms with Gasteiger partial charge in [0, 0.05) is 12.5 Å². The van der Waals surface area contributed by atoms with Gasteiger partial charge in [-0.25, -0.2) is 0 Å². The Bertz CT molecular complexity index is 103. The van der Waals surface area contributed by atoms with Crippen molar-refractivity contribution in [2.75, 3.05) is 25.6 Å². The average molecular weight is 214 g/mol. The molecule has 0 aromatic carbocycles. The van der Waals surface area contributed by atoms with Crippen LogP contribution in [0.3, 0.4) is 0 Å². The molecule has 1 unspecified atom stereocenters. The fraction of sp³-hybridized carbons (Fsp3) is 1.00. The number of rotatable bonds is 3. The molecule has 0 saturated carbocycles. The summed E-state index contributed by atoms with van der Waals surface area (Å²) in [5.41, 5.74) is 0. The minimum Gasteiger partial charge on any atom is -0.396 e. The van der Waals surface area contributed by atoms with Crippen molar-refractivity contribution in [1.82, 2.24) is 5.32 Å². The summed E-state index contributed by atoms with van der Waals surface area (Å²) in [7, 11) is 0. The Morgan fingerprint density at radius 2 is 2.00 bits per heavy atom. The molecule has 0 spiro atoms. The molecule has 2 N–H and O–H groups in total. The number of halogens is 2. The van der Waals surface area contributed by atoms with Crippen LogP contribution in [0, 0.1) is 11.8 Å². The van der Waals surface area contributed by atoms with Crippen molar-refractivity contribution in [3.8, 4) is 0 Å². The maximum absolute atomic E-state index is 8.97.